The Hall–Kier alpha value is -1.20. The third-order valence-electron chi connectivity index (χ3n) is 4.19. The highest BCUT2D eigenvalue weighted by molar-refractivity contribution is 8.00. The lowest BCUT2D eigenvalue weighted by molar-refractivity contribution is 0.345. The molecule has 2 N–H and O–H groups in total. The van der Waals surface area contributed by atoms with E-state index in [1.54, 1.807) is 0 Å². The normalized spacial score (nSPS) is 18.4. The van der Waals surface area contributed by atoms with Crippen molar-refractivity contribution in [3.63, 3.8) is 0 Å². The van der Waals surface area contributed by atoms with Crippen molar-refractivity contribution in [1.82, 2.24) is 15.5 Å². The lowest BCUT2D eigenvalue weighted by atomic mass is 10.1. The molecule has 0 amide bonds. The van der Waals surface area contributed by atoms with E-state index in [2.05, 4.69) is 70.5 Å². The predicted molar refractivity (Wildman–Crippen MR) is 102 cm³/mol. The molecule has 1 saturated heterocycles. The van der Waals surface area contributed by atoms with Gasteiger partial charge in [-0.3, -0.25) is 4.99 Å². The standard InChI is InChI=1S/C18H30N4S/c1-4-22(3)14-16-8-5-7-15(11-16)12-20-18(19-2)21-13-17-9-6-10-23-17/h5,7-8,11,17H,4,6,9-10,12-14H2,1-3H3,(H2,19,20,21). The number of rotatable bonds is 7. The summed E-state index contributed by atoms with van der Waals surface area (Å²) in [7, 11) is 3.99. The Morgan fingerprint density at radius 3 is 2.87 bits per heavy atom. The second kappa shape index (κ2) is 9.83. The molecule has 1 heterocycles. The SMILES string of the molecule is CCN(C)Cc1cccc(CNC(=NC)NCC2CCCS2)c1. The van der Waals surface area contributed by atoms with Crippen molar-refractivity contribution in [1.29, 1.82) is 0 Å². The number of hydrogen-bond acceptors (Lipinski definition) is 3. The van der Waals surface area contributed by atoms with E-state index in [9.17, 15) is 0 Å². The Labute approximate surface area is 145 Å². The Balaban J connectivity index is 1.79. The molecule has 1 aromatic carbocycles. The van der Waals surface area contributed by atoms with Crippen LogP contribution in [0.1, 0.15) is 30.9 Å². The van der Waals surface area contributed by atoms with E-state index in [-0.39, 0.29) is 0 Å². The van der Waals surface area contributed by atoms with Crippen LogP contribution in [0.25, 0.3) is 0 Å². The maximum atomic E-state index is 4.33. The molecular formula is C18H30N4S. The molecule has 1 aliphatic heterocycles. The van der Waals surface area contributed by atoms with Gasteiger partial charge in [-0.05, 0) is 43.3 Å². The monoisotopic (exact) mass is 334 g/mol. The van der Waals surface area contributed by atoms with Crippen molar-refractivity contribution in [2.24, 2.45) is 4.99 Å². The molecule has 1 atom stereocenters. The second-order valence-corrected chi connectivity index (χ2v) is 7.50. The smallest absolute Gasteiger partial charge is 0.191 e. The number of nitrogens with one attached hydrogen (secondary N) is 2. The first-order valence-corrected chi connectivity index (χ1v) is 9.58. The Morgan fingerprint density at radius 2 is 2.17 bits per heavy atom. The average molecular weight is 335 g/mol. The maximum absolute atomic E-state index is 4.33. The van der Waals surface area contributed by atoms with Crippen LogP contribution < -0.4 is 10.6 Å². The van der Waals surface area contributed by atoms with E-state index in [4.69, 9.17) is 0 Å². The van der Waals surface area contributed by atoms with Gasteiger partial charge in [0, 0.05) is 31.9 Å². The van der Waals surface area contributed by atoms with Gasteiger partial charge in [0.15, 0.2) is 5.96 Å². The molecule has 128 valence electrons. The zero-order valence-corrected chi connectivity index (χ0v) is 15.5. The molecule has 0 aliphatic carbocycles. The zero-order valence-electron chi connectivity index (χ0n) is 14.6. The highest BCUT2D eigenvalue weighted by atomic mass is 32.2. The maximum Gasteiger partial charge on any atom is 0.191 e. The van der Waals surface area contributed by atoms with Crippen LogP contribution in [0.3, 0.4) is 0 Å². The topological polar surface area (TPSA) is 39.7 Å². The van der Waals surface area contributed by atoms with Crippen LogP contribution in [0.4, 0.5) is 0 Å². The van der Waals surface area contributed by atoms with Gasteiger partial charge in [0.05, 0.1) is 0 Å². The second-order valence-electron chi connectivity index (χ2n) is 6.09. The number of guanidine groups is 1. The number of hydrogen-bond donors (Lipinski definition) is 2. The minimum atomic E-state index is 0.737. The molecule has 2 rings (SSSR count). The Morgan fingerprint density at radius 1 is 1.35 bits per heavy atom. The number of aliphatic imine (C=N–C) groups is 1. The highest BCUT2D eigenvalue weighted by Crippen LogP contribution is 2.25. The fraction of sp³-hybridized carbons (Fsp3) is 0.611. The third-order valence-corrected chi connectivity index (χ3v) is 5.59. The van der Waals surface area contributed by atoms with Gasteiger partial charge in [-0.1, -0.05) is 31.2 Å². The molecule has 1 unspecified atom stereocenters. The summed E-state index contributed by atoms with van der Waals surface area (Å²) in [6.07, 6.45) is 2.67. The van der Waals surface area contributed by atoms with Gasteiger partial charge in [0.2, 0.25) is 0 Å². The summed E-state index contributed by atoms with van der Waals surface area (Å²) in [4.78, 5) is 6.64. The van der Waals surface area contributed by atoms with Gasteiger partial charge in [-0.25, -0.2) is 0 Å². The van der Waals surface area contributed by atoms with Gasteiger partial charge >= 0.3 is 0 Å². The van der Waals surface area contributed by atoms with E-state index in [1.807, 2.05) is 7.05 Å². The summed E-state index contributed by atoms with van der Waals surface area (Å²) in [5, 5.41) is 7.61. The van der Waals surface area contributed by atoms with Crippen LogP contribution in [0, 0.1) is 0 Å². The molecule has 1 aliphatic rings. The summed E-state index contributed by atoms with van der Waals surface area (Å²) in [6.45, 7) is 6.06. The van der Waals surface area contributed by atoms with Gasteiger partial charge < -0.3 is 15.5 Å². The van der Waals surface area contributed by atoms with Crippen LogP contribution >= 0.6 is 11.8 Å². The van der Waals surface area contributed by atoms with Crippen molar-refractivity contribution in [2.75, 3.05) is 32.9 Å². The van der Waals surface area contributed by atoms with Gasteiger partial charge in [-0.2, -0.15) is 11.8 Å². The molecule has 0 radical (unpaired) electrons. The lowest BCUT2D eigenvalue weighted by Crippen LogP contribution is -2.39. The van der Waals surface area contributed by atoms with Crippen LogP contribution in [-0.4, -0.2) is 49.0 Å². The first-order valence-electron chi connectivity index (χ1n) is 8.53. The Kier molecular flexibility index (Phi) is 7.76. The third kappa shape index (κ3) is 6.43. The largest absolute Gasteiger partial charge is 0.355 e. The molecule has 23 heavy (non-hydrogen) atoms. The number of thioether (sulfide) groups is 1. The van der Waals surface area contributed by atoms with Crippen molar-refractivity contribution in [2.45, 2.75) is 38.1 Å². The van der Waals surface area contributed by atoms with Crippen molar-refractivity contribution in [3.05, 3.63) is 35.4 Å². The van der Waals surface area contributed by atoms with E-state index >= 15 is 0 Å². The van der Waals surface area contributed by atoms with E-state index in [0.717, 1.165) is 37.4 Å². The minimum absolute atomic E-state index is 0.737. The molecule has 0 bridgehead atoms. The summed E-state index contributed by atoms with van der Waals surface area (Å²) in [5.74, 6) is 2.20. The van der Waals surface area contributed by atoms with Gasteiger partial charge in [0.25, 0.3) is 0 Å². The molecular weight excluding hydrogens is 304 g/mol. The molecule has 4 nitrogen and oxygen atoms in total. The summed E-state index contributed by atoms with van der Waals surface area (Å²) >= 11 is 2.07. The molecule has 1 fully saturated rings. The van der Waals surface area contributed by atoms with E-state index in [1.165, 1.54) is 29.7 Å². The highest BCUT2D eigenvalue weighted by Gasteiger charge is 2.15. The fourth-order valence-electron chi connectivity index (χ4n) is 2.68. The van der Waals surface area contributed by atoms with Crippen LogP contribution in [0.5, 0.6) is 0 Å². The average Bonchev–Trinajstić information content (AvgIpc) is 3.08. The van der Waals surface area contributed by atoms with Gasteiger partial charge in [-0.15, -0.1) is 0 Å². The fourth-order valence-corrected chi connectivity index (χ4v) is 3.88. The zero-order chi connectivity index (χ0) is 16.5. The summed E-state index contributed by atoms with van der Waals surface area (Å²) in [6, 6.07) is 8.78. The van der Waals surface area contributed by atoms with E-state index < -0.39 is 0 Å². The van der Waals surface area contributed by atoms with Crippen molar-refractivity contribution >= 4 is 17.7 Å². The van der Waals surface area contributed by atoms with Crippen molar-refractivity contribution < 1.29 is 0 Å². The molecule has 0 aromatic heterocycles. The van der Waals surface area contributed by atoms with Crippen LogP contribution in [0.15, 0.2) is 29.3 Å². The van der Waals surface area contributed by atoms with Crippen molar-refractivity contribution in [3.8, 4) is 0 Å². The molecule has 0 spiro atoms. The van der Waals surface area contributed by atoms with Crippen LogP contribution in [0.2, 0.25) is 0 Å². The van der Waals surface area contributed by atoms with E-state index in [0.29, 0.717) is 0 Å². The number of nitrogens with zero attached hydrogens (tertiary/aromatic N) is 2. The summed E-state index contributed by atoms with van der Waals surface area (Å²) in [5.41, 5.74) is 2.66. The van der Waals surface area contributed by atoms with Gasteiger partial charge in [0.1, 0.15) is 0 Å². The first kappa shape index (κ1) is 18.1. The lowest BCUT2D eigenvalue weighted by Gasteiger charge is -2.16. The molecule has 5 heteroatoms. The first-order chi connectivity index (χ1) is 11.2. The molecule has 1 aromatic rings. The van der Waals surface area contributed by atoms with Crippen LogP contribution in [-0.2, 0) is 13.1 Å². The Bertz CT molecular complexity index is 498. The predicted octanol–water partition coefficient (Wildman–Crippen LogP) is 2.70. The quantitative estimate of drug-likeness (QED) is 0.594. The number of benzene rings is 1. The summed E-state index contributed by atoms with van der Waals surface area (Å²) < 4.78 is 0. The molecule has 0 saturated carbocycles. The minimum Gasteiger partial charge on any atom is -0.355 e.